The number of alkyl halides is 6. The lowest BCUT2D eigenvalue weighted by Gasteiger charge is -2.25. The maximum Gasteiger partial charge on any atom is 0.490 e. The fraction of sp³-hybridized carbons (Fsp3) is 0.636. The first-order valence-electron chi connectivity index (χ1n) is 11.5. The summed E-state index contributed by atoms with van der Waals surface area (Å²) in [6.07, 6.45) is -4.86. The van der Waals surface area contributed by atoms with Gasteiger partial charge in [0, 0.05) is 44.4 Å². The fourth-order valence-corrected chi connectivity index (χ4v) is 3.69. The Kier molecular flexibility index (Phi) is 10.7. The van der Waals surface area contributed by atoms with Gasteiger partial charge in [0.25, 0.3) is 0 Å². The van der Waals surface area contributed by atoms with Gasteiger partial charge >= 0.3 is 30.3 Å². The summed E-state index contributed by atoms with van der Waals surface area (Å²) in [5, 5.41) is 27.1. The standard InChI is InChI=1S/C18H25N3O3.2C2HF3O2/c22-18(23)15-9-13-3-6-21(14-5-8-24-11-14)7-4-16(13)20-17(15)19-10-12-1-2-12;2*3-2(4,5)1(6)7/h9,12,14H,1-8,10-11H2,(H,19,20)(H,22,23);2*(H,6,7). The summed E-state index contributed by atoms with van der Waals surface area (Å²) in [4.78, 5) is 36.6. The lowest BCUT2D eigenvalue weighted by Crippen LogP contribution is -2.37. The number of pyridine rings is 1. The van der Waals surface area contributed by atoms with Crippen molar-refractivity contribution in [3.05, 3.63) is 22.9 Å². The van der Waals surface area contributed by atoms with Gasteiger partial charge in [-0.25, -0.2) is 19.4 Å². The quantitative estimate of drug-likeness (QED) is 0.397. The Balaban J connectivity index is 0.000000301. The van der Waals surface area contributed by atoms with Gasteiger partial charge in [-0.1, -0.05) is 0 Å². The van der Waals surface area contributed by atoms with Crippen LogP contribution in [0.5, 0.6) is 0 Å². The minimum absolute atomic E-state index is 0.312. The Bertz CT molecular complexity index is 969. The van der Waals surface area contributed by atoms with Crippen molar-refractivity contribution < 1.29 is 60.8 Å². The molecule has 3 aliphatic rings. The molecule has 0 radical (unpaired) electrons. The van der Waals surface area contributed by atoms with Crippen molar-refractivity contribution >= 4 is 23.7 Å². The van der Waals surface area contributed by atoms with Crippen LogP contribution in [0.15, 0.2) is 6.07 Å². The highest BCUT2D eigenvalue weighted by Crippen LogP contribution is 2.30. The molecule has 1 saturated heterocycles. The van der Waals surface area contributed by atoms with E-state index < -0.39 is 30.3 Å². The average molecular weight is 559 g/mol. The number of nitrogens with zero attached hydrogens (tertiary/aromatic N) is 2. The number of carboxylic acids is 3. The highest BCUT2D eigenvalue weighted by Gasteiger charge is 2.39. The second kappa shape index (κ2) is 13.1. The summed E-state index contributed by atoms with van der Waals surface area (Å²) in [5.74, 6) is -5.18. The Morgan fingerprint density at radius 2 is 1.53 bits per heavy atom. The minimum atomic E-state index is -5.08. The Morgan fingerprint density at radius 1 is 0.974 bits per heavy atom. The van der Waals surface area contributed by atoms with E-state index >= 15 is 0 Å². The van der Waals surface area contributed by atoms with Crippen molar-refractivity contribution in [2.75, 3.05) is 38.2 Å². The monoisotopic (exact) mass is 559 g/mol. The summed E-state index contributed by atoms with van der Waals surface area (Å²) in [5.41, 5.74) is 2.46. The van der Waals surface area contributed by atoms with Crippen LogP contribution >= 0.6 is 0 Å². The summed E-state index contributed by atoms with van der Waals surface area (Å²) >= 11 is 0. The lowest BCUT2D eigenvalue weighted by molar-refractivity contribution is -0.193. The molecule has 1 aromatic rings. The van der Waals surface area contributed by atoms with Crippen LogP contribution in [0.3, 0.4) is 0 Å². The Hall–Kier alpha value is -3.14. The van der Waals surface area contributed by atoms with Crippen LogP contribution in [-0.4, -0.2) is 94.4 Å². The van der Waals surface area contributed by atoms with Gasteiger partial charge in [0.2, 0.25) is 0 Å². The zero-order valence-electron chi connectivity index (χ0n) is 19.9. The molecule has 2 fully saturated rings. The van der Waals surface area contributed by atoms with Gasteiger partial charge in [-0.2, -0.15) is 26.3 Å². The fourth-order valence-electron chi connectivity index (χ4n) is 3.69. The molecule has 2 aliphatic heterocycles. The van der Waals surface area contributed by atoms with E-state index in [9.17, 15) is 36.2 Å². The molecule has 38 heavy (non-hydrogen) atoms. The number of nitrogens with one attached hydrogen (secondary N) is 1. The molecular weight excluding hydrogens is 532 g/mol. The number of halogens is 6. The van der Waals surface area contributed by atoms with Crippen molar-refractivity contribution in [3.63, 3.8) is 0 Å². The largest absolute Gasteiger partial charge is 0.490 e. The summed E-state index contributed by atoms with van der Waals surface area (Å²) in [7, 11) is 0. The number of aromatic carboxylic acids is 1. The van der Waals surface area contributed by atoms with Crippen LogP contribution < -0.4 is 5.32 Å². The lowest BCUT2D eigenvalue weighted by atomic mass is 10.1. The molecule has 1 aromatic heterocycles. The number of rotatable bonds is 5. The van der Waals surface area contributed by atoms with Crippen LogP contribution in [0.2, 0.25) is 0 Å². The number of aliphatic carboxylic acids is 2. The Labute approximate surface area is 212 Å². The second-order valence-corrected chi connectivity index (χ2v) is 8.78. The molecule has 0 bridgehead atoms. The van der Waals surface area contributed by atoms with Crippen molar-refractivity contribution in [1.82, 2.24) is 9.88 Å². The van der Waals surface area contributed by atoms with Gasteiger partial charge < -0.3 is 25.4 Å². The van der Waals surface area contributed by atoms with E-state index in [0.717, 1.165) is 63.4 Å². The number of ether oxygens (including phenoxy) is 1. The summed E-state index contributed by atoms with van der Waals surface area (Å²) in [6, 6.07) is 2.35. The molecule has 10 nitrogen and oxygen atoms in total. The zero-order valence-corrected chi connectivity index (χ0v) is 19.9. The Morgan fingerprint density at radius 3 is 1.97 bits per heavy atom. The summed E-state index contributed by atoms with van der Waals surface area (Å²) < 4.78 is 69.0. The molecule has 3 heterocycles. The molecule has 0 amide bonds. The van der Waals surface area contributed by atoms with E-state index in [1.54, 1.807) is 0 Å². The van der Waals surface area contributed by atoms with Gasteiger partial charge in [0.1, 0.15) is 11.4 Å². The van der Waals surface area contributed by atoms with Crippen LogP contribution in [-0.2, 0) is 27.2 Å². The number of anilines is 1. The van der Waals surface area contributed by atoms with Gasteiger partial charge in [0.05, 0.1) is 6.61 Å². The van der Waals surface area contributed by atoms with Crippen LogP contribution in [0.4, 0.5) is 32.2 Å². The van der Waals surface area contributed by atoms with Crippen LogP contribution in [0, 0.1) is 5.92 Å². The van der Waals surface area contributed by atoms with Gasteiger partial charge in [-0.05, 0) is 43.2 Å². The summed E-state index contributed by atoms with van der Waals surface area (Å²) in [6.45, 7) is 4.43. The van der Waals surface area contributed by atoms with Gasteiger partial charge in [-0.15, -0.1) is 0 Å². The molecule has 16 heteroatoms. The molecule has 214 valence electrons. The number of hydrogen-bond acceptors (Lipinski definition) is 7. The molecule has 0 spiro atoms. The maximum absolute atomic E-state index is 11.6. The van der Waals surface area contributed by atoms with E-state index in [4.69, 9.17) is 29.5 Å². The maximum atomic E-state index is 11.6. The molecule has 1 atom stereocenters. The van der Waals surface area contributed by atoms with Crippen LogP contribution in [0.1, 0.15) is 40.9 Å². The molecule has 4 N–H and O–H groups in total. The van der Waals surface area contributed by atoms with Crippen molar-refractivity contribution in [2.45, 2.75) is 50.5 Å². The van der Waals surface area contributed by atoms with Gasteiger partial charge in [0.15, 0.2) is 0 Å². The number of hydrogen-bond donors (Lipinski definition) is 4. The molecule has 4 rings (SSSR count). The van der Waals surface area contributed by atoms with E-state index in [-0.39, 0.29) is 0 Å². The van der Waals surface area contributed by atoms with Crippen LogP contribution in [0.25, 0.3) is 0 Å². The average Bonchev–Trinajstić information content (AvgIpc) is 3.53. The van der Waals surface area contributed by atoms with E-state index in [0.29, 0.717) is 23.3 Å². The smallest absolute Gasteiger partial charge is 0.478 e. The topological polar surface area (TPSA) is 149 Å². The second-order valence-electron chi connectivity index (χ2n) is 8.78. The minimum Gasteiger partial charge on any atom is -0.478 e. The molecule has 1 aliphatic carbocycles. The number of carbonyl (C=O) groups is 3. The molecule has 0 aromatic carbocycles. The van der Waals surface area contributed by atoms with Crippen molar-refractivity contribution in [2.24, 2.45) is 5.92 Å². The molecule has 1 saturated carbocycles. The van der Waals surface area contributed by atoms with E-state index in [2.05, 4.69) is 10.2 Å². The zero-order chi connectivity index (χ0) is 28.7. The third kappa shape index (κ3) is 9.96. The van der Waals surface area contributed by atoms with Crippen molar-refractivity contribution in [3.8, 4) is 0 Å². The normalized spacial score (nSPS) is 19.6. The van der Waals surface area contributed by atoms with Gasteiger partial charge in [-0.3, -0.25) is 4.90 Å². The third-order valence-corrected chi connectivity index (χ3v) is 5.89. The van der Waals surface area contributed by atoms with Crippen molar-refractivity contribution in [1.29, 1.82) is 0 Å². The number of aromatic nitrogens is 1. The van der Waals surface area contributed by atoms with E-state index in [1.165, 1.54) is 12.8 Å². The predicted octanol–water partition coefficient (Wildman–Crippen LogP) is 3.06. The predicted molar refractivity (Wildman–Crippen MR) is 118 cm³/mol. The SMILES string of the molecule is O=C(O)C(F)(F)F.O=C(O)C(F)(F)F.O=C(O)c1cc2c(nc1NCC1CC1)CCN(C1CCOC1)CC2. The number of fused-ring (bicyclic) bond motifs is 1. The molecule has 1 unspecified atom stereocenters. The number of carboxylic acid groups (broad SMARTS) is 3. The third-order valence-electron chi connectivity index (χ3n) is 5.89. The highest BCUT2D eigenvalue weighted by molar-refractivity contribution is 5.93. The molecular formula is C22H27F6N3O7. The first-order valence-corrected chi connectivity index (χ1v) is 11.5. The van der Waals surface area contributed by atoms with E-state index in [1.807, 2.05) is 6.07 Å². The first-order chi connectivity index (χ1) is 17.6. The first kappa shape index (κ1) is 31.1. The highest BCUT2D eigenvalue weighted by atomic mass is 19.4.